The van der Waals surface area contributed by atoms with Gasteiger partial charge < -0.3 is 10.4 Å². The molecular formula is C19H16ClNO2S. The zero-order valence-corrected chi connectivity index (χ0v) is 14.3. The van der Waals surface area contributed by atoms with Gasteiger partial charge in [-0.15, -0.1) is 0 Å². The van der Waals surface area contributed by atoms with Gasteiger partial charge in [-0.3, -0.25) is 4.79 Å². The van der Waals surface area contributed by atoms with Gasteiger partial charge in [0.1, 0.15) is 0 Å². The van der Waals surface area contributed by atoms with Crippen molar-refractivity contribution in [2.45, 2.75) is 6.10 Å². The summed E-state index contributed by atoms with van der Waals surface area (Å²) in [5, 5.41) is 17.5. The van der Waals surface area contributed by atoms with Crippen molar-refractivity contribution in [3.05, 3.63) is 81.5 Å². The number of hydrogen-bond acceptors (Lipinski definition) is 3. The van der Waals surface area contributed by atoms with Crippen LogP contribution in [0.1, 0.15) is 22.0 Å². The van der Waals surface area contributed by atoms with E-state index in [0.717, 1.165) is 16.7 Å². The van der Waals surface area contributed by atoms with Crippen LogP contribution in [0.2, 0.25) is 5.02 Å². The average Bonchev–Trinajstić information content (AvgIpc) is 3.14. The second-order valence-corrected chi connectivity index (χ2v) is 6.53. The van der Waals surface area contributed by atoms with Gasteiger partial charge >= 0.3 is 0 Å². The number of rotatable bonds is 5. The third kappa shape index (κ3) is 3.85. The van der Waals surface area contributed by atoms with E-state index in [9.17, 15) is 9.90 Å². The third-order valence-corrected chi connectivity index (χ3v) is 4.74. The molecule has 1 aromatic heterocycles. The van der Waals surface area contributed by atoms with Crippen LogP contribution in [0.4, 0.5) is 0 Å². The monoisotopic (exact) mass is 357 g/mol. The number of amides is 1. The van der Waals surface area contributed by atoms with E-state index in [1.807, 2.05) is 29.6 Å². The number of thiophene rings is 1. The second-order valence-electron chi connectivity index (χ2n) is 5.34. The Morgan fingerprint density at radius 2 is 1.83 bits per heavy atom. The van der Waals surface area contributed by atoms with Crippen LogP contribution < -0.4 is 5.32 Å². The Bertz CT molecular complexity index is 816. The maximum atomic E-state index is 12.1. The van der Waals surface area contributed by atoms with Crippen molar-refractivity contribution in [1.82, 2.24) is 5.32 Å². The molecule has 0 saturated heterocycles. The molecule has 0 radical (unpaired) electrons. The van der Waals surface area contributed by atoms with Gasteiger partial charge in [0.05, 0.1) is 16.7 Å². The van der Waals surface area contributed by atoms with E-state index in [2.05, 4.69) is 16.8 Å². The van der Waals surface area contributed by atoms with Gasteiger partial charge in [0, 0.05) is 6.54 Å². The molecule has 0 fully saturated rings. The molecule has 3 nitrogen and oxygen atoms in total. The SMILES string of the molecule is O=C(NC[C@@H](O)c1ccc(-c2ccsc2)cc1)c1ccccc1Cl. The summed E-state index contributed by atoms with van der Waals surface area (Å²) in [5.41, 5.74) is 3.42. The minimum absolute atomic E-state index is 0.127. The van der Waals surface area contributed by atoms with Gasteiger partial charge in [-0.2, -0.15) is 11.3 Å². The van der Waals surface area contributed by atoms with E-state index in [4.69, 9.17) is 11.6 Å². The third-order valence-electron chi connectivity index (χ3n) is 3.72. The molecular weight excluding hydrogens is 342 g/mol. The Labute approximate surface area is 149 Å². The normalized spacial score (nSPS) is 11.9. The molecule has 2 N–H and O–H groups in total. The van der Waals surface area contributed by atoms with E-state index < -0.39 is 6.10 Å². The lowest BCUT2D eigenvalue weighted by Crippen LogP contribution is -2.28. The van der Waals surface area contributed by atoms with E-state index in [1.54, 1.807) is 35.6 Å². The lowest BCUT2D eigenvalue weighted by atomic mass is 10.0. The number of carbonyl (C=O) groups is 1. The number of carbonyl (C=O) groups excluding carboxylic acids is 1. The molecule has 2 aromatic carbocycles. The summed E-state index contributed by atoms with van der Waals surface area (Å²) in [6.45, 7) is 0.127. The smallest absolute Gasteiger partial charge is 0.252 e. The molecule has 0 bridgehead atoms. The highest BCUT2D eigenvalue weighted by Gasteiger charge is 2.13. The second kappa shape index (κ2) is 7.62. The van der Waals surface area contributed by atoms with Crippen molar-refractivity contribution in [2.24, 2.45) is 0 Å². The maximum Gasteiger partial charge on any atom is 0.252 e. The van der Waals surface area contributed by atoms with Gasteiger partial charge in [-0.05, 0) is 45.6 Å². The zero-order valence-electron chi connectivity index (χ0n) is 12.8. The molecule has 5 heteroatoms. The number of hydrogen-bond donors (Lipinski definition) is 2. The van der Waals surface area contributed by atoms with Crippen LogP contribution in [0.15, 0.2) is 65.4 Å². The van der Waals surface area contributed by atoms with Crippen LogP contribution >= 0.6 is 22.9 Å². The van der Waals surface area contributed by atoms with Crippen molar-refractivity contribution in [2.75, 3.05) is 6.54 Å². The van der Waals surface area contributed by atoms with E-state index in [-0.39, 0.29) is 12.5 Å². The van der Waals surface area contributed by atoms with Gasteiger partial charge in [-0.1, -0.05) is 48.0 Å². The summed E-state index contributed by atoms with van der Waals surface area (Å²) >= 11 is 7.64. The standard InChI is InChI=1S/C19H16ClNO2S/c20-17-4-2-1-3-16(17)19(23)21-11-18(22)14-7-5-13(6-8-14)15-9-10-24-12-15/h1-10,12,18,22H,11H2,(H,21,23)/t18-/m1/s1. The van der Waals surface area contributed by atoms with E-state index in [0.29, 0.717) is 10.6 Å². The van der Waals surface area contributed by atoms with Gasteiger partial charge in [0.2, 0.25) is 0 Å². The maximum absolute atomic E-state index is 12.1. The van der Waals surface area contributed by atoms with Gasteiger partial charge in [0.15, 0.2) is 0 Å². The van der Waals surface area contributed by atoms with Crippen LogP contribution in [0.3, 0.4) is 0 Å². The van der Waals surface area contributed by atoms with E-state index >= 15 is 0 Å². The Morgan fingerprint density at radius 1 is 1.08 bits per heavy atom. The van der Waals surface area contributed by atoms with Crippen molar-refractivity contribution < 1.29 is 9.90 Å². The van der Waals surface area contributed by atoms with Crippen LogP contribution in [0.25, 0.3) is 11.1 Å². The Hall–Kier alpha value is -2.14. The molecule has 3 rings (SSSR count). The first-order valence-corrected chi connectivity index (χ1v) is 8.80. The summed E-state index contributed by atoms with van der Waals surface area (Å²) in [7, 11) is 0. The summed E-state index contributed by atoms with van der Waals surface area (Å²) in [4.78, 5) is 12.1. The predicted molar refractivity (Wildman–Crippen MR) is 98.5 cm³/mol. The molecule has 0 spiro atoms. The van der Waals surface area contributed by atoms with Crippen LogP contribution in [0.5, 0.6) is 0 Å². The number of benzene rings is 2. The molecule has 3 aromatic rings. The molecule has 1 heterocycles. The molecule has 0 aliphatic carbocycles. The predicted octanol–water partition coefficient (Wildman–Crippen LogP) is 4.53. The van der Waals surface area contributed by atoms with Gasteiger partial charge in [0.25, 0.3) is 5.91 Å². The number of halogens is 1. The highest BCUT2D eigenvalue weighted by atomic mass is 35.5. The fourth-order valence-electron chi connectivity index (χ4n) is 2.37. The van der Waals surface area contributed by atoms with Gasteiger partial charge in [-0.25, -0.2) is 0 Å². The Balaban J connectivity index is 1.62. The molecule has 0 aliphatic heterocycles. The number of nitrogens with one attached hydrogen (secondary N) is 1. The fourth-order valence-corrected chi connectivity index (χ4v) is 3.26. The first kappa shape index (κ1) is 16.7. The largest absolute Gasteiger partial charge is 0.387 e. The minimum atomic E-state index is -0.770. The summed E-state index contributed by atoms with van der Waals surface area (Å²) in [5.74, 6) is -0.297. The quantitative estimate of drug-likeness (QED) is 0.704. The Kier molecular flexibility index (Phi) is 5.30. The number of aliphatic hydroxyl groups excluding tert-OH is 1. The van der Waals surface area contributed by atoms with Crippen molar-refractivity contribution >= 4 is 28.8 Å². The van der Waals surface area contributed by atoms with Crippen molar-refractivity contribution in [1.29, 1.82) is 0 Å². The summed E-state index contributed by atoms with van der Waals surface area (Å²) < 4.78 is 0. The highest BCUT2D eigenvalue weighted by Crippen LogP contribution is 2.24. The lowest BCUT2D eigenvalue weighted by molar-refractivity contribution is 0.0916. The van der Waals surface area contributed by atoms with Crippen LogP contribution in [-0.4, -0.2) is 17.6 Å². The average molecular weight is 358 g/mol. The zero-order chi connectivity index (χ0) is 16.9. The molecule has 1 amide bonds. The van der Waals surface area contributed by atoms with E-state index in [1.165, 1.54) is 0 Å². The topological polar surface area (TPSA) is 49.3 Å². The van der Waals surface area contributed by atoms with Crippen molar-refractivity contribution in [3.63, 3.8) is 0 Å². The molecule has 0 aliphatic rings. The number of aliphatic hydroxyl groups is 1. The Morgan fingerprint density at radius 3 is 2.50 bits per heavy atom. The molecule has 0 unspecified atom stereocenters. The van der Waals surface area contributed by atoms with Crippen LogP contribution in [0, 0.1) is 0 Å². The van der Waals surface area contributed by atoms with Crippen LogP contribution in [-0.2, 0) is 0 Å². The first-order valence-electron chi connectivity index (χ1n) is 7.48. The van der Waals surface area contributed by atoms with Crippen molar-refractivity contribution in [3.8, 4) is 11.1 Å². The molecule has 24 heavy (non-hydrogen) atoms. The molecule has 0 saturated carbocycles. The fraction of sp³-hybridized carbons (Fsp3) is 0.105. The first-order chi connectivity index (χ1) is 11.6. The lowest BCUT2D eigenvalue weighted by Gasteiger charge is -2.13. The summed E-state index contributed by atoms with van der Waals surface area (Å²) in [6.07, 6.45) is -0.770. The minimum Gasteiger partial charge on any atom is -0.387 e. The summed E-state index contributed by atoms with van der Waals surface area (Å²) in [6, 6.07) is 16.6. The highest BCUT2D eigenvalue weighted by molar-refractivity contribution is 7.08. The molecule has 122 valence electrons. The molecule has 1 atom stereocenters.